The lowest BCUT2D eigenvalue weighted by Gasteiger charge is -2.43. The van der Waals surface area contributed by atoms with E-state index in [0.717, 1.165) is 34.5 Å². The molecule has 0 unspecified atom stereocenters. The van der Waals surface area contributed by atoms with Crippen molar-refractivity contribution in [3.63, 3.8) is 0 Å². The maximum Gasteiger partial charge on any atom is 0.212 e. The van der Waals surface area contributed by atoms with Crippen LogP contribution < -0.4 is 10.2 Å². The van der Waals surface area contributed by atoms with E-state index in [9.17, 15) is 0 Å². The Balaban J connectivity index is 1.40. The summed E-state index contributed by atoms with van der Waals surface area (Å²) in [6, 6.07) is 6.27. The number of hydrogen-bond donors (Lipinski definition) is 1. The van der Waals surface area contributed by atoms with Gasteiger partial charge in [0.2, 0.25) is 5.95 Å². The lowest BCUT2D eigenvalue weighted by Crippen LogP contribution is -2.48. The molecule has 3 aromatic rings. The van der Waals surface area contributed by atoms with Crippen molar-refractivity contribution in [3.05, 3.63) is 40.8 Å². The molecule has 2 aromatic heterocycles. The fraction of sp³-hybridized carbons (Fsp3) is 0.476. The van der Waals surface area contributed by atoms with E-state index >= 15 is 0 Å². The van der Waals surface area contributed by atoms with E-state index in [1.54, 1.807) is 12.4 Å². The molecule has 2 aliphatic rings. The monoisotopic (exact) mass is 462 g/mol. The third kappa shape index (κ3) is 3.45. The van der Waals surface area contributed by atoms with Crippen LogP contribution in [-0.2, 0) is 0 Å². The minimum atomic E-state index is 0.441. The summed E-state index contributed by atoms with van der Waals surface area (Å²) in [5.41, 5.74) is 1.23. The summed E-state index contributed by atoms with van der Waals surface area (Å²) in [5, 5.41) is 13.2. The summed E-state index contributed by atoms with van der Waals surface area (Å²) < 4.78 is 1.99. The highest BCUT2D eigenvalue weighted by Gasteiger charge is 2.44. The first-order chi connectivity index (χ1) is 14.6. The third-order valence-corrected chi connectivity index (χ3v) is 8.71. The van der Waals surface area contributed by atoms with Gasteiger partial charge in [0, 0.05) is 30.2 Å². The zero-order valence-electron chi connectivity index (χ0n) is 16.8. The first kappa shape index (κ1) is 20.4. The van der Waals surface area contributed by atoms with Gasteiger partial charge in [0.05, 0.1) is 14.9 Å². The van der Waals surface area contributed by atoms with Gasteiger partial charge in [0.25, 0.3) is 0 Å². The van der Waals surface area contributed by atoms with Gasteiger partial charge >= 0.3 is 0 Å². The Morgan fingerprint density at radius 2 is 2.00 bits per heavy atom. The van der Waals surface area contributed by atoms with Crippen LogP contribution in [0.3, 0.4) is 0 Å². The number of anilines is 1. The Hall–Kier alpha value is -1.54. The molecule has 0 bridgehead atoms. The molecule has 0 radical (unpaired) electrons. The first-order valence-corrected chi connectivity index (χ1v) is 11.9. The number of hydrogen-bond acceptors (Lipinski definition) is 6. The van der Waals surface area contributed by atoms with E-state index < -0.39 is 0 Å². The molecule has 1 aromatic carbocycles. The van der Waals surface area contributed by atoms with Crippen LogP contribution in [-0.4, -0.2) is 45.8 Å². The Morgan fingerprint density at radius 3 is 2.80 bits per heavy atom. The van der Waals surface area contributed by atoms with Crippen molar-refractivity contribution >= 4 is 46.6 Å². The number of nitrogens with one attached hydrogen (secondary N) is 1. The van der Waals surface area contributed by atoms with Crippen molar-refractivity contribution in [2.45, 2.75) is 47.9 Å². The quantitative estimate of drug-likeness (QED) is 0.592. The summed E-state index contributed by atoms with van der Waals surface area (Å²) >= 11 is 14.1. The van der Waals surface area contributed by atoms with Crippen LogP contribution in [0.25, 0.3) is 5.65 Å². The molecule has 6 nitrogen and oxygen atoms in total. The zero-order chi connectivity index (χ0) is 20.7. The minimum Gasteiger partial charge on any atom is -0.342 e. The van der Waals surface area contributed by atoms with E-state index in [1.165, 1.54) is 43.9 Å². The van der Waals surface area contributed by atoms with E-state index in [4.69, 9.17) is 28.2 Å². The van der Waals surface area contributed by atoms with Crippen molar-refractivity contribution in [1.29, 1.82) is 0 Å². The van der Waals surface area contributed by atoms with Crippen LogP contribution in [0.15, 0.2) is 40.5 Å². The van der Waals surface area contributed by atoms with Gasteiger partial charge in [-0.15, -0.1) is 10.2 Å². The van der Waals surface area contributed by atoms with Crippen molar-refractivity contribution in [1.82, 2.24) is 24.9 Å². The largest absolute Gasteiger partial charge is 0.342 e. The number of halogens is 2. The zero-order valence-corrected chi connectivity index (χ0v) is 19.1. The smallest absolute Gasteiger partial charge is 0.212 e. The van der Waals surface area contributed by atoms with Crippen LogP contribution in [0.4, 0.5) is 5.95 Å². The van der Waals surface area contributed by atoms with Crippen molar-refractivity contribution in [2.75, 3.05) is 25.0 Å². The van der Waals surface area contributed by atoms with Gasteiger partial charge in [-0.3, -0.25) is 0 Å². The van der Waals surface area contributed by atoms with Gasteiger partial charge in [0.15, 0.2) is 5.65 Å². The van der Waals surface area contributed by atoms with Crippen LogP contribution in [0.2, 0.25) is 10.0 Å². The molecule has 5 rings (SSSR count). The lowest BCUT2D eigenvalue weighted by molar-refractivity contribution is 0.177. The molecule has 2 fully saturated rings. The van der Waals surface area contributed by atoms with E-state index in [2.05, 4.69) is 27.5 Å². The predicted molar refractivity (Wildman–Crippen MR) is 122 cm³/mol. The minimum absolute atomic E-state index is 0.441. The summed E-state index contributed by atoms with van der Waals surface area (Å²) in [5.74, 6) is 0.908. The average molecular weight is 463 g/mol. The molecular weight excluding hydrogens is 439 g/mol. The highest BCUT2D eigenvalue weighted by molar-refractivity contribution is 7.99. The highest BCUT2D eigenvalue weighted by atomic mass is 35.5. The maximum absolute atomic E-state index is 6.37. The van der Waals surface area contributed by atoms with Gasteiger partial charge in [-0.05, 0) is 50.3 Å². The average Bonchev–Trinajstić information content (AvgIpc) is 3.40. The number of benzene rings is 1. The van der Waals surface area contributed by atoms with Gasteiger partial charge in [-0.2, -0.15) is 0 Å². The van der Waals surface area contributed by atoms with Crippen LogP contribution in [0.5, 0.6) is 0 Å². The normalized spacial score (nSPS) is 21.0. The molecule has 3 heterocycles. The topological polar surface area (TPSA) is 58.3 Å². The van der Waals surface area contributed by atoms with Gasteiger partial charge < -0.3 is 10.2 Å². The number of nitrogens with zero attached hydrogens (tertiary/aromatic N) is 5. The second-order valence-corrected chi connectivity index (χ2v) is 10.1. The molecule has 1 saturated carbocycles. The molecule has 1 saturated heterocycles. The molecule has 1 atom stereocenters. The predicted octanol–water partition coefficient (Wildman–Crippen LogP) is 4.94. The van der Waals surface area contributed by atoms with E-state index in [-0.39, 0.29) is 0 Å². The van der Waals surface area contributed by atoms with Crippen molar-refractivity contribution in [3.8, 4) is 0 Å². The molecular formula is C21H24Cl2N6S. The summed E-state index contributed by atoms with van der Waals surface area (Å²) in [4.78, 5) is 8.95. The molecule has 0 amide bonds. The summed E-state index contributed by atoms with van der Waals surface area (Å²) in [6.45, 7) is 2.01. The highest BCUT2D eigenvalue weighted by Crippen LogP contribution is 2.47. The van der Waals surface area contributed by atoms with Crippen LogP contribution >= 0.6 is 35.0 Å². The van der Waals surface area contributed by atoms with Gasteiger partial charge in [-0.1, -0.05) is 47.5 Å². The van der Waals surface area contributed by atoms with Crippen LogP contribution in [0, 0.1) is 5.41 Å². The molecule has 158 valence electrons. The third-order valence-electron chi connectivity index (χ3n) is 6.71. The summed E-state index contributed by atoms with van der Waals surface area (Å²) in [7, 11) is 2.11. The Kier molecular flexibility index (Phi) is 5.56. The molecule has 9 heteroatoms. The Labute approximate surface area is 190 Å². The molecule has 1 aliphatic heterocycles. The maximum atomic E-state index is 6.37. The SMILES string of the molecule is CN[C@@H]1CCCC12CCN(c1ncc(Sc3cccc(Cl)c3Cl)c3nncn13)CC2. The van der Waals surface area contributed by atoms with Gasteiger partial charge in [-0.25, -0.2) is 9.38 Å². The number of piperidine rings is 1. The lowest BCUT2D eigenvalue weighted by atomic mass is 9.74. The molecule has 1 N–H and O–H groups in total. The molecule has 1 aliphatic carbocycles. The Morgan fingerprint density at radius 1 is 1.17 bits per heavy atom. The van der Waals surface area contributed by atoms with E-state index in [0.29, 0.717) is 21.5 Å². The number of rotatable bonds is 4. The fourth-order valence-corrected chi connectivity index (χ4v) is 6.50. The van der Waals surface area contributed by atoms with Gasteiger partial charge in [0.1, 0.15) is 6.33 Å². The Bertz CT molecular complexity index is 1060. The standard InChI is InChI=1S/C21H24Cl2N6S/c1-24-17-6-3-7-21(17)8-10-28(11-9-21)20-25-12-16(19-27-26-13-29(19)20)30-15-5-2-4-14(22)18(15)23/h2,4-5,12-13,17,24H,3,6-11H2,1H3/t17-/m1/s1. The second-order valence-electron chi connectivity index (χ2n) is 8.18. The van der Waals surface area contributed by atoms with Crippen LogP contribution in [0.1, 0.15) is 32.1 Å². The van der Waals surface area contributed by atoms with E-state index in [1.807, 2.05) is 22.7 Å². The van der Waals surface area contributed by atoms with Crippen molar-refractivity contribution in [2.24, 2.45) is 5.41 Å². The summed E-state index contributed by atoms with van der Waals surface area (Å²) in [6.07, 6.45) is 9.96. The molecule has 30 heavy (non-hydrogen) atoms. The van der Waals surface area contributed by atoms with Crippen molar-refractivity contribution < 1.29 is 0 Å². The molecule has 1 spiro atoms. The fourth-order valence-electron chi connectivity index (χ4n) is 5.11. The second kappa shape index (κ2) is 8.19. The number of aromatic nitrogens is 4. The first-order valence-electron chi connectivity index (χ1n) is 10.3. The number of fused-ring (bicyclic) bond motifs is 1.